The van der Waals surface area contributed by atoms with Gasteiger partial charge in [0.25, 0.3) is 0 Å². The van der Waals surface area contributed by atoms with Crippen LogP contribution in [0.25, 0.3) is 11.1 Å². The number of aryl methyl sites for hydroxylation is 2. The standard InChI is InChI=1S/C24H33N.C2H6/c1-7-9-22-18(3)10-8-11-24(22)23-15-13-19(4)21(20(23)5)14-12-17(2)16-25-6;1-2/h8,10-13,15,25H,7,9,14,16H2,1-6H3;1-2H3/b17-12-;. The van der Waals surface area contributed by atoms with E-state index in [9.17, 15) is 0 Å². The number of hydrogen-bond acceptors (Lipinski definition) is 1. The molecule has 27 heavy (non-hydrogen) atoms. The highest BCUT2D eigenvalue weighted by molar-refractivity contribution is 5.73. The molecule has 0 spiro atoms. The molecule has 0 fully saturated rings. The van der Waals surface area contributed by atoms with Crippen LogP contribution in [0.3, 0.4) is 0 Å². The first-order valence-electron chi connectivity index (χ1n) is 10.5. The molecule has 148 valence electrons. The molecule has 0 atom stereocenters. The van der Waals surface area contributed by atoms with Gasteiger partial charge in [-0.15, -0.1) is 0 Å². The molecule has 0 aliphatic rings. The van der Waals surface area contributed by atoms with Crippen molar-refractivity contribution in [2.75, 3.05) is 13.6 Å². The van der Waals surface area contributed by atoms with E-state index in [4.69, 9.17) is 0 Å². The maximum absolute atomic E-state index is 3.23. The van der Waals surface area contributed by atoms with Crippen molar-refractivity contribution in [2.24, 2.45) is 0 Å². The average Bonchev–Trinajstić information content (AvgIpc) is 2.66. The lowest BCUT2D eigenvalue weighted by molar-refractivity contribution is 0.874. The lowest BCUT2D eigenvalue weighted by Gasteiger charge is -2.18. The number of allylic oxidation sites excluding steroid dienone is 1. The van der Waals surface area contributed by atoms with Gasteiger partial charge in [-0.1, -0.05) is 69.2 Å². The zero-order valence-corrected chi connectivity index (χ0v) is 18.8. The van der Waals surface area contributed by atoms with Crippen LogP contribution in [-0.2, 0) is 12.8 Å². The van der Waals surface area contributed by atoms with Crippen LogP contribution < -0.4 is 5.32 Å². The molecule has 0 aliphatic carbocycles. The molecule has 0 saturated heterocycles. The Morgan fingerprint density at radius 2 is 1.59 bits per heavy atom. The molecule has 1 nitrogen and oxygen atoms in total. The second-order valence-corrected chi connectivity index (χ2v) is 7.17. The Kier molecular flexibility index (Phi) is 10.1. The molecule has 1 N–H and O–H groups in total. The number of rotatable bonds is 7. The first-order valence-corrected chi connectivity index (χ1v) is 10.5. The van der Waals surface area contributed by atoms with Crippen molar-refractivity contribution >= 4 is 0 Å². The van der Waals surface area contributed by atoms with Crippen LogP contribution in [0.15, 0.2) is 42.0 Å². The van der Waals surface area contributed by atoms with Crippen molar-refractivity contribution in [3.05, 3.63) is 69.8 Å². The van der Waals surface area contributed by atoms with E-state index < -0.39 is 0 Å². The van der Waals surface area contributed by atoms with Gasteiger partial charge in [-0.05, 0) is 86.5 Å². The molecule has 0 heterocycles. The van der Waals surface area contributed by atoms with Gasteiger partial charge >= 0.3 is 0 Å². The monoisotopic (exact) mass is 365 g/mol. The number of nitrogens with one attached hydrogen (secondary N) is 1. The van der Waals surface area contributed by atoms with Crippen LogP contribution >= 0.6 is 0 Å². The summed E-state index contributed by atoms with van der Waals surface area (Å²) in [5.41, 5.74) is 11.4. The van der Waals surface area contributed by atoms with E-state index in [1.165, 1.54) is 50.9 Å². The molecule has 0 radical (unpaired) electrons. The normalized spacial score (nSPS) is 11.2. The van der Waals surface area contributed by atoms with Crippen LogP contribution in [0.2, 0.25) is 0 Å². The van der Waals surface area contributed by atoms with Gasteiger partial charge in [-0.2, -0.15) is 0 Å². The first-order chi connectivity index (χ1) is 13.0. The van der Waals surface area contributed by atoms with E-state index in [0.29, 0.717) is 0 Å². The molecule has 0 amide bonds. The summed E-state index contributed by atoms with van der Waals surface area (Å²) < 4.78 is 0. The predicted molar refractivity (Wildman–Crippen MR) is 123 cm³/mol. The Morgan fingerprint density at radius 1 is 0.926 bits per heavy atom. The number of likely N-dealkylation sites (N-methyl/N-ethyl adjacent to an activating group) is 1. The quantitative estimate of drug-likeness (QED) is 0.523. The van der Waals surface area contributed by atoms with Crippen LogP contribution in [0.5, 0.6) is 0 Å². The first kappa shape index (κ1) is 23.2. The molecule has 2 aromatic rings. The molecule has 2 rings (SSSR count). The van der Waals surface area contributed by atoms with Crippen molar-refractivity contribution in [2.45, 2.75) is 67.7 Å². The third-order valence-corrected chi connectivity index (χ3v) is 5.14. The van der Waals surface area contributed by atoms with Gasteiger partial charge in [0.1, 0.15) is 0 Å². The fraction of sp³-hybridized carbons (Fsp3) is 0.462. The molecular weight excluding hydrogens is 326 g/mol. The largest absolute Gasteiger partial charge is 0.316 e. The molecular formula is C26H39N. The lowest BCUT2D eigenvalue weighted by atomic mass is 9.87. The Bertz CT molecular complexity index is 753. The summed E-state index contributed by atoms with van der Waals surface area (Å²) in [5, 5.41) is 3.23. The topological polar surface area (TPSA) is 12.0 Å². The van der Waals surface area contributed by atoms with E-state index in [-0.39, 0.29) is 0 Å². The zero-order chi connectivity index (χ0) is 20.4. The molecule has 0 aliphatic heterocycles. The van der Waals surface area contributed by atoms with Crippen LogP contribution in [0.4, 0.5) is 0 Å². The lowest BCUT2D eigenvalue weighted by Crippen LogP contribution is -2.09. The van der Waals surface area contributed by atoms with Gasteiger partial charge in [0.15, 0.2) is 0 Å². The zero-order valence-electron chi connectivity index (χ0n) is 18.8. The number of hydrogen-bond donors (Lipinski definition) is 1. The minimum atomic E-state index is 0.955. The van der Waals surface area contributed by atoms with E-state index in [1.807, 2.05) is 20.9 Å². The fourth-order valence-electron chi connectivity index (χ4n) is 3.66. The van der Waals surface area contributed by atoms with Crippen molar-refractivity contribution in [3.63, 3.8) is 0 Å². The minimum Gasteiger partial charge on any atom is -0.316 e. The third-order valence-electron chi connectivity index (χ3n) is 5.14. The highest BCUT2D eigenvalue weighted by Crippen LogP contribution is 2.33. The molecule has 0 unspecified atom stereocenters. The number of benzene rings is 2. The van der Waals surface area contributed by atoms with Crippen molar-refractivity contribution < 1.29 is 0 Å². The Morgan fingerprint density at radius 3 is 2.22 bits per heavy atom. The van der Waals surface area contributed by atoms with E-state index in [1.54, 1.807) is 0 Å². The summed E-state index contributed by atoms with van der Waals surface area (Å²) in [6.45, 7) is 16.2. The van der Waals surface area contributed by atoms with Gasteiger partial charge in [0, 0.05) is 6.54 Å². The van der Waals surface area contributed by atoms with Gasteiger partial charge in [-0.3, -0.25) is 0 Å². The molecule has 2 aromatic carbocycles. The summed E-state index contributed by atoms with van der Waals surface area (Å²) in [4.78, 5) is 0. The summed E-state index contributed by atoms with van der Waals surface area (Å²) >= 11 is 0. The van der Waals surface area contributed by atoms with Gasteiger partial charge in [0.05, 0.1) is 0 Å². The third kappa shape index (κ3) is 6.07. The highest BCUT2D eigenvalue weighted by Gasteiger charge is 2.12. The van der Waals surface area contributed by atoms with Crippen LogP contribution in [-0.4, -0.2) is 13.6 Å². The van der Waals surface area contributed by atoms with Gasteiger partial charge < -0.3 is 5.32 Å². The van der Waals surface area contributed by atoms with Crippen LogP contribution in [0, 0.1) is 20.8 Å². The molecule has 0 aromatic heterocycles. The van der Waals surface area contributed by atoms with Gasteiger partial charge in [-0.25, -0.2) is 0 Å². The molecule has 1 heteroatoms. The van der Waals surface area contributed by atoms with Crippen molar-refractivity contribution in [3.8, 4) is 11.1 Å². The van der Waals surface area contributed by atoms with E-state index in [0.717, 1.165) is 19.4 Å². The van der Waals surface area contributed by atoms with Crippen molar-refractivity contribution in [1.29, 1.82) is 0 Å². The van der Waals surface area contributed by atoms with E-state index >= 15 is 0 Å². The van der Waals surface area contributed by atoms with Crippen LogP contribution in [0.1, 0.15) is 61.9 Å². The molecule has 0 saturated carbocycles. The maximum Gasteiger partial charge on any atom is 0.0158 e. The Hall–Kier alpha value is -1.86. The SMILES string of the molecule is CC.CCCc1c(C)cccc1-c1ccc(C)c(C/C=C(/C)CNC)c1C. The van der Waals surface area contributed by atoms with Crippen molar-refractivity contribution in [1.82, 2.24) is 5.32 Å². The average molecular weight is 366 g/mol. The minimum absolute atomic E-state index is 0.955. The summed E-state index contributed by atoms with van der Waals surface area (Å²) in [6.07, 6.45) is 5.69. The Balaban J connectivity index is 0.00000176. The summed E-state index contributed by atoms with van der Waals surface area (Å²) in [7, 11) is 2.00. The van der Waals surface area contributed by atoms with E-state index in [2.05, 4.69) is 76.3 Å². The second kappa shape index (κ2) is 11.8. The Labute approximate surface area is 167 Å². The maximum atomic E-state index is 3.23. The smallest absolute Gasteiger partial charge is 0.0158 e. The fourth-order valence-corrected chi connectivity index (χ4v) is 3.66. The predicted octanol–water partition coefficient (Wildman–Crippen LogP) is 6.97. The second-order valence-electron chi connectivity index (χ2n) is 7.17. The highest BCUT2D eigenvalue weighted by atomic mass is 14.8. The summed E-state index contributed by atoms with van der Waals surface area (Å²) in [5.74, 6) is 0. The summed E-state index contributed by atoms with van der Waals surface area (Å²) in [6, 6.07) is 11.3. The molecule has 0 bridgehead atoms. The van der Waals surface area contributed by atoms with Gasteiger partial charge in [0.2, 0.25) is 0 Å².